The molecule has 0 bridgehead atoms. The molecule has 2 aromatic carbocycles. The van der Waals surface area contributed by atoms with Crippen LogP contribution >= 0.6 is 0 Å². The molecule has 2 aromatic rings. The molecule has 0 fully saturated rings. The topological polar surface area (TPSA) is 52.6 Å². The summed E-state index contributed by atoms with van der Waals surface area (Å²) in [5.41, 5.74) is 0. The zero-order valence-corrected chi connectivity index (χ0v) is 19.3. The molecule has 4 nitrogen and oxygen atoms in total. The number of carbonyl (C=O) groups excluding carboxylic acids is 2. The van der Waals surface area contributed by atoms with Crippen LogP contribution < -0.4 is 7.22 Å². The molecule has 0 atom stereocenters. The van der Waals surface area contributed by atoms with E-state index >= 15 is 0 Å². The fraction of sp³-hybridized carbons (Fsp3) is 0.200. The first-order valence-corrected chi connectivity index (χ1v) is 12.9. The molecule has 0 aromatic heterocycles. The van der Waals surface area contributed by atoms with E-state index in [9.17, 15) is 9.59 Å². The Morgan fingerprint density at radius 1 is 0.692 bits per heavy atom. The summed E-state index contributed by atoms with van der Waals surface area (Å²) in [6, 6.07) is 19.6. The summed E-state index contributed by atoms with van der Waals surface area (Å²) < 4.78 is 13.8. The molecule has 26 heavy (non-hydrogen) atoms. The van der Waals surface area contributed by atoms with E-state index in [4.69, 9.17) is 9.47 Å². The van der Waals surface area contributed by atoms with E-state index in [1.165, 1.54) is 0 Å². The molecular formula is C20H20O4Te2. The predicted molar refractivity (Wildman–Crippen MR) is 104 cm³/mol. The molecule has 0 saturated heterocycles. The Hall–Kier alpha value is -1.30. The van der Waals surface area contributed by atoms with E-state index in [-0.39, 0.29) is 25.2 Å². The molecule has 0 saturated carbocycles. The predicted octanol–water partition coefficient (Wildman–Crippen LogP) is 1.38. The van der Waals surface area contributed by atoms with E-state index in [1.54, 1.807) is 13.8 Å². The van der Waals surface area contributed by atoms with Gasteiger partial charge in [-0.05, 0) is 0 Å². The van der Waals surface area contributed by atoms with Crippen molar-refractivity contribution in [2.75, 3.05) is 13.2 Å². The van der Waals surface area contributed by atoms with Crippen LogP contribution in [0.1, 0.15) is 13.8 Å². The molecule has 0 aliphatic rings. The number of ether oxygens (including phenoxy) is 2. The molecule has 2 rings (SSSR count). The van der Waals surface area contributed by atoms with Gasteiger partial charge in [-0.2, -0.15) is 0 Å². The molecule has 0 heterocycles. The van der Waals surface area contributed by atoms with Crippen LogP contribution in [0.2, 0.25) is 0 Å². The standard InChI is InChI=1S/C20H20O4Te2/c1-3-23-19(21)17(25-15-11-7-5-8-12-15)18(20(22)24-4-2)26-16-13-9-6-10-14-16/h5-14H,3-4H2,1-2H3/b18-17+. The third kappa shape index (κ3) is 6.45. The first-order chi connectivity index (χ1) is 12.7. The summed E-state index contributed by atoms with van der Waals surface area (Å²) in [5.74, 6) is -0.773. The van der Waals surface area contributed by atoms with E-state index in [0.717, 1.165) is 7.22 Å². The molecule has 0 amide bonds. The molecule has 6 heteroatoms. The Labute approximate surface area is 174 Å². The average Bonchev–Trinajstić information content (AvgIpc) is 2.66. The molecule has 0 unspecified atom stereocenters. The van der Waals surface area contributed by atoms with Gasteiger partial charge in [-0.3, -0.25) is 0 Å². The van der Waals surface area contributed by atoms with Crippen LogP contribution in [0.25, 0.3) is 0 Å². The molecule has 0 aliphatic heterocycles. The summed E-state index contributed by atoms with van der Waals surface area (Å²) in [5, 5.41) is 0. The van der Waals surface area contributed by atoms with Crippen molar-refractivity contribution < 1.29 is 19.1 Å². The number of benzene rings is 2. The Kier molecular flexibility index (Phi) is 9.23. The third-order valence-corrected chi connectivity index (χ3v) is 10.5. The zero-order valence-electron chi connectivity index (χ0n) is 14.6. The van der Waals surface area contributed by atoms with Gasteiger partial charge >= 0.3 is 175 Å². The van der Waals surface area contributed by atoms with Gasteiger partial charge in [0.25, 0.3) is 0 Å². The number of hydrogen-bond acceptors (Lipinski definition) is 4. The molecule has 0 N–H and O–H groups in total. The van der Waals surface area contributed by atoms with Crippen LogP contribution in [0.4, 0.5) is 0 Å². The number of carbonyl (C=O) groups is 2. The maximum absolute atomic E-state index is 12.7. The summed E-state index contributed by atoms with van der Waals surface area (Å²) in [7, 11) is 0. The molecule has 136 valence electrons. The molecule has 0 aliphatic carbocycles. The van der Waals surface area contributed by atoms with Crippen molar-refractivity contribution in [3.05, 3.63) is 67.9 Å². The molecule has 0 radical (unpaired) electrons. The summed E-state index contributed by atoms with van der Waals surface area (Å²) in [6.45, 7) is 4.12. The van der Waals surface area contributed by atoms with Gasteiger partial charge in [-0.25, -0.2) is 0 Å². The fourth-order valence-electron chi connectivity index (χ4n) is 1.97. The number of esters is 2. The Morgan fingerprint density at radius 2 is 1.04 bits per heavy atom. The van der Waals surface area contributed by atoms with Crippen LogP contribution in [0.3, 0.4) is 0 Å². The van der Waals surface area contributed by atoms with Crippen molar-refractivity contribution in [2.45, 2.75) is 13.8 Å². The van der Waals surface area contributed by atoms with Crippen molar-refractivity contribution in [2.24, 2.45) is 0 Å². The second-order valence-electron chi connectivity index (χ2n) is 4.93. The van der Waals surface area contributed by atoms with Crippen LogP contribution in [0.5, 0.6) is 0 Å². The van der Waals surface area contributed by atoms with E-state index in [2.05, 4.69) is 0 Å². The normalized spacial score (nSPS) is 11.5. The van der Waals surface area contributed by atoms with Crippen LogP contribution in [-0.4, -0.2) is 67.0 Å². The first-order valence-electron chi connectivity index (χ1n) is 8.20. The minimum absolute atomic E-state index is 0.284. The monoisotopic (exact) mass is 584 g/mol. The second kappa shape index (κ2) is 11.4. The second-order valence-corrected chi connectivity index (χ2v) is 11.1. The maximum atomic E-state index is 12.7. The average molecular weight is 580 g/mol. The van der Waals surface area contributed by atoms with Gasteiger partial charge in [-0.15, -0.1) is 0 Å². The minimum atomic E-state index is -1.06. The van der Waals surface area contributed by atoms with E-state index in [1.807, 2.05) is 60.7 Å². The third-order valence-electron chi connectivity index (χ3n) is 3.05. The quantitative estimate of drug-likeness (QED) is 0.270. The van der Waals surface area contributed by atoms with Crippen LogP contribution in [-0.2, 0) is 19.1 Å². The van der Waals surface area contributed by atoms with Gasteiger partial charge in [0.2, 0.25) is 0 Å². The van der Waals surface area contributed by atoms with E-state index in [0.29, 0.717) is 7.24 Å². The molecule has 0 spiro atoms. The van der Waals surface area contributed by atoms with Crippen LogP contribution in [0, 0.1) is 0 Å². The van der Waals surface area contributed by atoms with Gasteiger partial charge in [0.05, 0.1) is 0 Å². The Bertz CT molecular complexity index is 692. The number of rotatable bonds is 8. The summed E-state index contributed by atoms with van der Waals surface area (Å²) in [6.07, 6.45) is 0. The van der Waals surface area contributed by atoms with Crippen molar-refractivity contribution in [1.82, 2.24) is 0 Å². The Morgan fingerprint density at radius 3 is 1.35 bits per heavy atom. The van der Waals surface area contributed by atoms with Crippen LogP contribution in [0.15, 0.2) is 67.9 Å². The molecular weight excluding hydrogens is 559 g/mol. The van der Waals surface area contributed by atoms with E-state index < -0.39 is 41.8 Å². The van der Waals surface area contributed by atoms with Gasteiger partial charge in [0.1, 0.15) is 0 Å². The van der Waals surface area contributed by atoms with Crippen molar-refractivity contribution in [3.8, 4) is 0 Å². The summed E-state index contributed by atoms with van der Waals surface area (Å²) >= 11 is -2.11. The van der Waals surface area contributed by atoms with Gasteiger partial charge in [0, 0.05) is 0 Å². The van der Waals surface area contributed by atoms with Crippen molar-refractivity contribution >= 4 is 61.0 Å². The first kappa shape index (κ1) is 21.0. The summed E-state index contributed by atoms with van der Waals surface area (Å²) in [4.78, 5) is 25.3. The van der Waals surface area contributed by atoms with Gasteiger partial charge in [0.15, 0.2) is 0 Å². The SMILES string of the molecule is CCOC(=O)/C([Te]c1ccccc1)=C(\[Te]c1ccccc1)C(=O)OCC. The van der Waals surface area contributed by atoms with Crippen molar-refractivity contribution in [1.29, 1.82) is 0 Å². The fourth-order valence-corrected chi connectivity index (χ4v) is 8.40. The zero-order chi connectivity index (χ0) is 18.8. The van der Waals surface area contributed by atoms with Gasteiger partial charge < -0.3 is 0 Å². The van der Waals surface area contributed by atoms with Gasteiger partial charge in [-0.1, -0.05) is 0 Å². The number of hydrogen-bond donors (Lipinski definition) is 0. The van der Waals surface area contributed by atoms with Crippen molar-refractivity contribution in [3.63, 3.8) is 0 Å². The Balaban J connectivity index is 2.47.